The van der Waals surface area contributed by atoms with Gasteiger partial charge in [-0.1, -0.05) is 25.6 Å². The van der Waals surface area contributed by atoms with Crippen molar-refractivity contribution in [3.05, 3.63) is 41.9 Å². The number of anilines is 2. The fourth-order valence-electron chi connectivity index (χ4n) is 4.43. The van der Waals surface area contributed by atoms with E-state index in [1.54, 1.807) is 17.3 Å². The zero-order chi connectivity index (χ0) is 21.5. The molecule has 9 heteroatoms. The summed E-state index contributed by atoms with van der Waals surface area (Å²) in [7, 11) is 0. The van der Waals surface area contributed by atoms with E-state index >= 15 is 0 Å². The molecule has 3 N–H and O–H groups in total. The molecule has 0 saturated carbocycles. The van der Waals surface area contributed by atoms with Gasteiger partial charge in [0.1, 0.15) is 10.3 Å². The van der Waals surface area contributed by atoms with Crippen molar-refractivity contribution in [2.24, 2.45) is 0 Å². The Morgan fingerprint density at radius 3 is 2.90 bits per heavy atom. The summed E-state index contributed by atoms with van der Waals surface area (Å²) in [6, 6.07) is 5.12. The monoisotopic (exact) mass is 438 g/mol. The van der Waals surface area contributed by atoms with Crippen LogP contribution in [0.3, 0.4) is 0 Å². The maximum absolute atomic E-state index is 13.2. The summed E-state index contributed by atoms with van der Waals surface area (Å²) in [6.07, 6.45) is 5.46. The maximum Gasteiger partial charge on any atom is 0.327 e. The molecule has 31 heavy (non-hydrogen) atoms. The van der Waals surface area contributed by atoms with Crippen LogP contribution in [0.4, 0.5) is 16.2 Å². The molecular formula is C22H26N6O2S. The van der Waals surface area contributed by atoms with Gasteiger partial charge >= 0.3 is 6.03 Å². The second-order valence-corrected chi connectivity index (χ2v) is 9.63. The number of carbonyl (C=O) groups is 2. The third-order valence-electron chi connectivity index (χ3n) is 6.02. The van der Waals surface area contributed by atoms with Gasteiger partial charge in [-0.05, 0) is 43.5 Å². The number of pyridine rings is 2. The number of amides is 3. The quantitative estimate of drug-likeness (QED) is 0.679. The second-order valence-electron chi connectivity index (χ2n) is 8.50. The van der Waals surface area contributed by atoms with E-state index in [0.717, 1.165) is 53.6 Å². The van der Waals surface area contributed by atoms with E-state index in [1.165, 1.54) is 11.8 Å². The van der Waals surface area contributed by atoms with Crippen LogP contribution in [0.5, 0.6) is 0 Å². The van der Waals surface area contributed by atoms with Crippen molar-refractivity contribution >= 4 is 35.1 Å². The van der Waals surface area contributed by atoms with E-state index in [9.17, 15) is 9.59 Å². The molecule has 5 rings (SSSR count). The van der Waals surface area contributed by atoms with Crippen LogP contribution in [-0.2, 0) is 4.79 Å². The fourth-order valence-corrected chi connectivity index (χ4v) is 5.67. The molecule has 5 heterocycles. The number of aromatic nitrogens is 2. The van der Waals surface area contributed by atoms with Crippen molar-refractivity contribution in [1.82, 2.24) is 25.9 Å². The number of piperidine rings is 1. The molecule has 3 aliphatic heterocycles. The highest BCUT2D eigenvalue weighted by atomic mass is 32.2. The lowest BCUT2D eigenvalue weighted by molar-refractivity contribution is -0.121. The Balaban J connectivity index is 1.46. The summed E-state index contributed by atoms with van der Waals surface area (Å²) in [6.45, 7) is 5.92. The van der Waals surface area contributed by atoms with E-state index in [-0.39, 0.29) is 23.9 Å². The first-order valence-electron chi connectivity index (χ1n) is 10.8. The highest BCUT2D eigenvalue weighted by Gasteiger charge is 2.46. The predicted octanol–water partition coefficient (Wildman–Crippen LogP) is 2.84. The van der Waals surface area contributed by atoms with Crippen molar-refractivity contribution in [3.63, 3.8) is 0 Å². The average molecular weight is 439 g/mol. The van der Waals surface area contributed by atoms with E-state index in [0.29, 0.717) is 0 Å². The third-order valence-corrected chi connectivity index (χ3v) is 7.31. The molecule has 162 valence electrons. The largest absolute Gasteiger partial charge is 0.351 e. The number of urea groups is 1. The van der Waals surface area contributed by atoms with Gasteiger partial charge in [-0.2, -0.15) is 0 Å². The molecule has 2 unspecified atom stereocenters. The molecule has 1 saturated heterocycles. The van der Waals surface area contributed by atoms with Gasteiger partial charge in [0, 0.05) is 36.2 Å². The molecule has 0 bridgehead atoms. The lowest BCUT2D eigenvalue weighted by atomic mass is 9.99. The molecule has 3 atom stereocenters. The Morgan fingerprint density at radius 2 is 2.13 bits per heavy atom. The first kappa shape index (κ1) is 20.3. The van der Waals surface area contributed by atoms with E-state index in [4.69, 9.17) is 0 Å². The molecule has 0 aromatic carbocycles. The molecule has 2 aromatic heterocycles. The Labute approximate surface area is 185 Å². The number of hydrogen-bond acceptors (Lipinski definition) is 6. The highest BCUT2D eigenvalue weighted by molar-refractivity contribution is 8.01. The van der Waals surface area contributed by atoms with Crippen LogP contribution in [0.2, 0.25) is 0 Å². The summed E-state index contributed by atoms with van der Waals surface area (Å²) < 4.78 is 0. The lowest BCUT2D eigenvalue weighted by Gasteiger charge is -2.34. The van der Waals surface area contributed by atoms with Crippen LogP contribution >= 0.6 is 11.8 Å². The predicted molar refractivity (Wildman–Crippen MR) is 120 cm³/mol. The number of nitrogens with one attached hydrogen (secondary N) is 3. The average Bonchev–Trinajstić information content (AvgIpc) is 3.14. The molecule has 1 fully saturated rings. The summed E-state index contributed by atoms with van der Waals surface area (Å²) >= 11 is 1.43. The Morgan fingerprint density at radius 1 is 1.29 bits per heavy atom. The van der Waals surface area contributed by atoms with Gasteiger partial charge in [0.25, 0.3) is 0 Å². The molecule has 0 radical (unpaired) electrons. The van der Waals surface area contributed by atoms with Gasteiger partial charge in [-0.25, -0.2) is 9.78 Å². The zero-order valence-electron chi connectivity index (χ0n) is 17.6. The minimum Gasteiger partial charge on any atom is -0.351 e. The summed E-state index contributed by atoms with van der Waals surface area (Å²) in [5.41, 5.74) is 3.37. The number of thioether (sulfide) groups is 1. The van der Waals surface area contributed by atoms with Crippen LogP contribution in [-0.4, -0.2) is 46.3 Å². The van der Waals surface area contributed by atoms with Gasteiger partial charge in [-0.15, -0.1) is 0 Å². The van der Waals surface area contributed by atoms with Crippen LogP contribution in [0.1, 0.15) is 49.9 Å². The number of nitrogens with zero attached hydrogens (tertiary/aromatic N) is 3. The summed E-state index contributed by atoms with van der Waals surface area (Å²) in [5, 5.41) is 9.92. The van der Waals surface area contributed by atoms with Crippen LogP contribution in [0, 0.1) is 0 Å². The van der Waals surface area contributed by atoms with Crippen LogP contribution in [0.25, 0.3) is 0 Å². The van der Waals surface area contributed by atoms with Crippen LogP contribution in [0.15, 0.2) is 35.6 Å². The summed E-state index contributed by atoms with van der Waals surface area (Å²) in [4.78, 5) is 36.9. The van der Waals surface area contributed by atoms with Gasteiger partial charge in [0.05, 0.1) is 17.4 Å². The van der Waals surface area contributed by atoms with Gasteiger partial charge in [0.15, 0.2) is 0 Å². The topological polar surface area (TPSA) is 99.2 Å². The minimum atomic E-state index is -0.430. The maximum atomic E-state index is 13.2. The molecule has 3 aliphatic rings. The fraction of sp³-hybridized carbons (Fsp3) is 0.455. The zero-order valence-corrected chi connectivity index (χ0v) is 18.4. The molecule has 0 aliphatic carbocycles. The van der Waals surface area contributed by atoms with E-state index in [2.05, 4.69) is 39.8 Å². The number of hydrogen-bond donors (Lipinski definition) is 3. The smallest absolute Gasteiger partial charge is 0.327 e. The van der Waals surface area contributed by atoms with Crippen molar-refractivity contribution < 1.29 is 9.59 Å². The molecule has 2 aromatic rings. The number of rotatable bonds is 4. The first-order chi connectivity index (χ1) is 15.0. The van der Waals surface area contributed by atoms with Gasteiger partial charge in [0.2, 0.25) is 5.91 Å². The van der Waals surface area contributed by atoms with Gasteiger partial charge in [-0.3, -0.25) is 14.7 Å². The standard InChI is InChI=1S/C22H26N6O2S/c1-12(2)15-10-14(5-8-24-15)28-16-6-9-25-21-17(16)18(27-22(28)30)19(31-21)20(29)26-13-4-3-7-23-11-13/h5-6,8-10,12-13,18-19,23H,3-4,7,11H2,1-2H3,(H,26,29)(H,27,30)/t13?,18?,19-/m1/s1. The molecule has 8 nitrogen and oxygen atoms in total. The van der Waals surface area contributed by atoms with E-state index in [1.807, 2.05) is 18.2 Å². The summed E-state index contributed by atoms with van der Waals surface area (Å²) in [5.74, 6) is 0.203. The van der Waals surface area contributed by atoms with Crippen LogP contribution < -0.4 is 20.9 Å². The number of carbonyl (C=O) groups excluding carboxylic acids is 2. The Kier molecular flexibility index (Phi) is 5.31. The van der Waals surface area contributed by atoms with Crippen molar-refractivity contribution in [1.29, 1.82) is 0 Å². The van der Waals surface area contributed by atoms with Gasteiger partial charge < -0.3 is 16.0 Å². The van der Waals surface area contributed by atoms with Crippen molar-refractivity contribution in [3.8, 4) is 0 Å². The Hall–Kier alpha value is -2.65. The third kappa shape index (κ3) is 3.65. The normalized spacial score (nSPS) is 24.7. The lowest BCUT2D eigenvalue weighted by Crippen LogP contribution is -2.52. The molecule has 3 amide bonds. The van der Waals surface area contributed by atoms with E-state index < -0.39 is 11.3 Å². The SMILES string of the molecule is CC(C)c1cc(N2C(=O)NC3c4c2ccnc4S[C@H]3C(=O)NC2CCCNC2)ccn1. The highest BCUT2D eigenvalue weighted by Crippen LogP contribution is 2.50. The minimum absolute atomic E-state index is 0.0487. The Bertz CT molecular complexity index is 1020. The second kappa shape index (κ2) is 8.12. The molecule has 0 spiro atoms. The first-order valence-corrected chi connectivity index (χ1v) is 11.6. The van der Waals surface area contributed by atoms with Crippen molar-refractivity contribution in [2.75, 3.05) is 18.0 Å². The molecular weight excluding hydrogens is 412 g/mol. The van der Waals surface area contributed by atoms with Crippen molar-refractivity contribution in [2.45, 2.75) is 55.0 Å².